The van der Waals surface area contributed by atoms with Crippen LogP contribution in [0, 0.1) is 10.8 Å². The van der Waals surface area contributed by atoms with Crippen LogP contribution in [0.4, 0.5) is 0 Å². The van der Waals surface area contributed by atoms with Crippen LogP contribution in [0.3, 0.4) is 0 Å². The van der Waals surface area contributed by atoms with Crippen LogP contribution in [0.2, 0.25) is 0 Å². The molecule has 1 fully saturated rings. The van der Waals surface area contributed by atoms with E-state index in [1.807, 2.05) is 0 Å². The first-order valence-corrected chi connectivity index (χ1v) is 6.20. The van der Waals surface area contributed by atoms with Gasteiger partial charge in [-0.1, -0.05) is 27.7 Å². The zero-order chi connectivity index (χ0) is 13.1. The van der Waals surface area contributed by atoms with Crippen LogP contribution in [0.15, 0.2) is 0 Å². The Bertz CT molecular complexity index is 234. The molecular formula is C12H26BNO3. The van der Waals surface area contributed by atoms with Gasteiger partial charge in [0.05, 0.1) is 0 Å². The number of nitrogens with zero attached hydrogens (tertiary/aromatic N) is 1. The molecule has 0 N–H and O–H groups in total. The van der Waals surface area contributed by atoms with Crippen LogP contribution in [0.5, 0.6) is 0 Å². The summed E-state index contributed by atoms with van der Waals surface area (Å²) < 4.78 is 16.7. The Morgan fingerprint density at radius 1 is 1.24 bits per heavy atom. The highest BCUT2D eigenvalue weighted by atomic mass is 16.7. The summed E-state index contributed by atoms with van der Waals surface area (Å²) in [7, 11) is 3.64. The lowest BCUT2D eigenvalue weighted by Crippen LogP contribution is -2.44. The topological polar surface area (TPSA) is 30.9 Å². The largest absolute Gasteiger partial charge is 0.639 e. The van der Waals surface area contributed by atoms with Crippen molar-refractivity contribution in [2.24, 2.45) is 10.8 Å². The van der Waals surface area contributed by atoms with Crippen molar-refractivity contribution in [3.8, 4) is 0 Å². The lowest BCUT2D eigenvalue weighted by Gasteiger charge is -2.34. The van der Waals surface area contributed by atoms with Crippen molar-refractivity contribution < 1.29 is 14.0 Å². The van der Waals surface area contributed by atoms with Crippen LogP contribution in [-0.2, 0) is 14.0 Å². The molecule has 0 unspecified atom stereocenters. The quantitative estimate of drug-likeness (QED) is 0.687. The fraction of sp³-hybridized carbons (Fsp3) is 1.00. The van der Waals surface area contributed by atoms with E-state index in [1.165, 1.54) is 0 Å². The molecular weight excluding hydrogens is 217 g/mol. The molecule has 4 nitrogen and oxygen atoms in total. The van der Waals surface area contributed by atoms with Crippen LogP contribution >= 0.6 is 0 Å². The van der Waals surface area contributed by atoms with Gasteiger partial charge in [-0.3, -0.25) is 0 Å². The maximum Gasteiger partial charge on any atom is 0.639 e. The fourth-order valence-corrected chi connectivity index (χ4v) is 1.97. The van der Waals surface area contributed by atoms with Gasteiger partial charge >= 0.3 is 7.32 Å². The summed E-state index contributed by atoms with van der Waals surface area (Å²) in [6.45, 7) is 11.6. The molecule has 0 radical (unpaired) electrons. The van der Waals surface area contributed by atoms with Gasteiger partial charge < -0.3 is 18.9 Å². The van der Waals surface area contributed by atoms with E-state index in [0.29, 0.717) is 19.8 Å². The second-order valence-electron chi connectivity index (χ2n) is 6.79. The van der Waals surface area contributed by atoms with Gasteiger partial charge in [0.15, 0.2) is 0 Å². The molecule has 0 aliphatic carbocycles. The fourth-order valence-electron chi connectivity index (χ4n) is 1.97. The molecule has 0 aromatic rings. The maximum atomic E-state index is 5.67. The van der Waals surface area contributed by atoms with Crippen molar-refractivity contribution in [2.45, 2.75) is 27.7 Å². The number of hydrogen-bond donors (Lipinski definition) is 0. The molecule has 0 bridgehead atoms. The molecule has 1 saturated heterocycles. The summed E-state index contributed by atoms with van der Waals surface area (Å²) in [5, 5.41) is 0. The molecule has 5 heteroatoms. The van der Waals surface area contributed by atoms with E-state index in [-0.39, 0.29) is 10.8 Å². The molecule has 17 heavy (non-hydrogen) atoms. The number of rotatable bonds is 5. The van der Waals surface area contributed by atoms with Crippen LogP contribution in [0.1, 0.15) is 27.7 Å². The highest BCUT2D eigenvalue weighted by Crippen LogP contribution is 2.23. The van der Waals surface area contributed by atoms with Crippen LogP contribution in [-0.4, -0.2) is 52.7 Å². The highest BCUT2D eigenvalue weighted by molar-refractivity contribution is 6.36. The minimum absolute atomic E-state index is 0.0962. The molecule has 0 spiro atoms. The van der Waals surface area contributed by atoms with Gasteiger partial charge in [-0.05, 0) is 19.5 Å². The average molecular weight is 243 g/mol. The lowest BCUT2D eigenvalue weighted by atomic mass is 9.91. The maximum absolute atomic E-state index is 5.67. The molecule has 1 rings (SSSR count). The minimum Gasteiger partial charge on any atom is -0.385 e. The van der Waals surface area contributed by atoms with Gasteiger partial charge in [-0.25, -0.2) is 0 Å². The second kappa shape index (κ2) is 5.70. The highest BCUT2D eigenvalue weighted by Gasteiger charge is 2.35. The standard InChI is InChI=1S/C12H26BNO3/c1-11(2,7-14(5)6)8-15-13-16-9-12(3,4)10-17-13/h7-10H2,1-6H3. The molecule has 0 amide bonds. The Morgan fingerprint density at radius 2 is 1.76 bits per heavy atom. The van der Waals surface area contributed by atoms with Crippen LogP contribution in [0.25, 0.3) is 0 Å². The Kier molecular flexibility index (Phi) is 5.01. The predicted octanol–water partition coefficient (Wildman–Crippen LogP) is 1.65. The molecule has 0 saturated carbocycles. The summed E-state index contributed by atoms with van der Waals surface area (Å²) in [6.07, 6.45) is 0. The van der Waals surface area contributed by atoms with E-state index in [1.54, 1.807) is 0 Å². The Hall–Kier alpha value is -0.0951. The van der Waals surface area contributed by atoms with E-state index < -0.39 is 7.32 Å². The first kappa shape index (κ1) is 15.0. The van der Waals surface area contributed by atoms with Crippen molar-refractivity contribution in [1.29, 1.82) is 0 Å². The summed E-state index contributed by atoms with van der Waals surface area (Å²) >= 11 is 0. The number of hydrogen-bond acceptors (Lipinski definition) is 4. The second-order valence-corrected chi connectivity index (χ2v) is 6.79. The van der Waals surface area contributed by atoms with Crippen molar-refractivity contribution in [3.05, 3.63) is 0 Å². The Labute approximate surface area is 106 Å². The first-order valence-electron chi connectivity index (χ1n) is 6.20. The third kappa shape index (κ3) is 5.86. The summed E-state index contributed by atoms with van der Waals surface area (Å²) in [5.41, 5.74) is 0.197. The Balaban J connectivity index is 2.27. The third-order valence-electron chi connectivity index (χ3n) is 2.57. The van der Waals surface area contributed by atoms with Crippen molar-refractivity contribution in [2.75, 3.05) is 40.5 Å². The zero-order valence-electron chi connectivity index (χ0n) is 12.1. The van der Waals surface area contributed by atoms with Crippen molar-refractivity contribution >= 4 is 7.32 Å². The SMILES string of the molecule is CN(C)CC(C)(C)COB1OCC(C)(C)CO1. The summed E-state index contributed by atoms with van der Waals surface area (Å²) in [4.78, 5) is 2.16. The minimum atomic E-state index is -0.496. The van der Waals surface area contributed by atoms with Gasteiger partial charge in [-0.15, -0.1) is 0 Å². The Morgan fingerprint density at radius 3 is 2.24 bits per heavy atom. The molecule has 1 aliphatic rings. The summed E-state index contributed by atoms with van der Waals surface area (Å²) in [5.74, 6) is 0. The predicted molar refractivity (Wildman–Crippen MR) is 69.7 cm³/mol. The lowest BCUT2D eigenvalue weighted by molar-refractivity contribution is -0.0302. The van der Waals surface area contributed by atoms with Gasteiger partial charge in [0.2, 0.25) is 0 Å². The normalized spacial score (nSPS) is 21.0. The molecule has 1 aliphatic heterocycles. The summed E-state index contributed by atoms with van der Waals surface area (Å²) in [6, 6.07) is 0. The van der Waals surface area contributed by atoms with Gasteiger partial charge in [0.25, 0.3) is 0 Å². The van der Waals surface area contributed by atoms with Crippen molar-refractivity contribution in [1.82, 2.24) is 4.90 Å². The molecule has 0 aromatic carbocycles. The molecule has 1 heterocycles. The van der Waals surface area contributed by atoms with E-state index in [0.717, 1.165) is 6.54 Å². The smallest absolute Gasteiger partial charge is 0.385 e. The van der Waals surface area contributed by atoms with E-state index in [4.69, 9.17) is 14.0 Å². The monoisotopic (exact) mass is 243 g/mol. The molecule has 0 aromatic heterocycles. The average Bonchev–Trinajstić information content (AvgIpc) is 2.14. The first-order chi connectivity index (χ1) is 7.70. The molecule has 0 atom stereocenters. The zero-order valence-corrected chi connectivity index (χ0v) is 12.1. The van der Waals surface area contributed by atoms with Crippen LogP contribution < -0.4 is 0 Å². The van der Waals surface area contributed by atoms with E-state index in [2.05, 4.69) is 46.7 Å². The van der Waals surface area contributed by atoms with Gasteiger partial charge in [0.1, 0.15) is 0 Å². The van der Waals surface area contributed by atoms with Gasteiger partial charge in [-0.2, -0.15) is 0 Å². The van der Waals surface area contributed by atoms with Crippen molar-refractivity contribution in [3.63, 3.8) is 0 Å². The molecule has 100 valence electrons. The van der Waals surface area contributed by atoms with E-state index >= 15 is 0 Å². The van der Waals surface area contributed by atoms with E-state index in [9.17, 15) is 0 Å². The third-order valence-corrected chi connectivity index (χ3v) is 2.57. The van der Waals surface area contributed by atoms with Gasteiger partial charge in [0, 0.05) is 31.8 Å².